The molecule has 3 aliphatic heterocycles. The highest BCUT2D eigenvalue weighted by Gasteiger charge is 2.52. The number of anilines is 3. The van der Waals surface area contributed by atoms with E-state index in [0.717, 1.165) is 40.8 Å². The van der Waals surface area contributed by atoms with Crippen molar-refractivity contribution in [3.63, 3.8) is 0 Å². The van der Waals surface area contributed by atoms with Crippen molar-refractivity contribution in [1.82, 2.24) is 4.90 Å². The van der Waals surface area contributed by atoms with E-state index in [2.05, 4.69) is 26.8 Å². The van der Waals surface area contributed by atoms with Gasteiger partial charge in [0.25, 0.3) is 5.91 Å². The summed E-state index contributed by atoms with van der Waals surface area (Å²) in [4.78, 5) is 46.2. The third-order valence-electron chi connectivity index (χ3n) is 10.6. The normalized spacial score (nSPS) is 20.7. The van der Waals surface area contributed by atoms with E-state index in [0.29, 0.717) is 49.3 Å². The molecule has 3 aliphatic rings. The second-order valence-electron chi connectivity index (χ2n) is 14.4. The first kappa shape index (κ1) is 36.0. The molecule has 0 spiro atoms. The number of nitrogens with zero attached hydrogens (tertiary/aromatic N) is 3. The van der Waals surface area contributed by atoms with Crippen molar-refractivity contribution in [2.24, 2.45) is 5.92 Å². The lowest BCUT2D eigenvalue weighted by Crippen LogP contribution is -2.46. The van der Waals surface area contributed by atoms with Crippen LogP contribution in [0.15, 0.2) is 102 Å². The fourth-order valence-corrected chi connectivity index (χ4v) is 7.58. The zero-order valence-corrected chi connectivity index (χ0v) is 30.1. The van der Waals surface area contributed by atoms with Crippen LogP contribution in [0.4, 0.5) is 17.1 Å². The average Bonchev–Trinajstić information content (AvgIpc) is 3.35. The van der Waals surface area contributed by atoms with E-state index in [9.17, 15) is 24.6 Å². The Morgan fingerprint density at radius 2 is 1.67 bits per heavy atom. The van der Waals surface area contributed by atoms with Gasteiger partial charge in [-0.25, -0.2) is 0 Å². The summed E-state index contributed by atoms with van der Waals surface area (Å²) in [6.07, 6.45) is 11.2. The monoisotopic (exact) mass is 687 g/mol. The molecule has 0 unspecified atom stereocenters. The molecule has 3 aromatic carbocycles. The predicted molar refractivity (Wildman–Crippen MR) is 202 cm³/mol. The summed E-state index contributed by atoms with van der Waals surface area (Å²) < 4.78 is 0. The molecule has 0 bridgehead atoms. The summed E-state index contributed by atoms with van der Waals surface area (Å²) in [7, 11) is 0. The van der Waals surface area contributed by atoms with Crippen molar-refractivity contribution in [2.75, 3.05) is 23.0 Å². The molecule has 8 nitrogen and oxygen atoms in total. The van der Waals surface area contributed by atoms with Crippen LogP contribution < -0.4 is 9.80 Å². The molecule has 0 saturated carbocycles. The molecule has 266 valence electrons. The number of hydrogen-bond donors (Lipinski definition) is 2. The number of carbonyl (C=O) groups is 3. The molecule has 2 N–H and O–H groups in total. The van der Waals surface area contributed by atoms with Gasteiger partial charge in [0, 0.05) is 43.1 Å². The van der Waals surface area contributed by atoms with Gasteiger partial charge < -0.3 is 20.0 Å². The zero-order valence-electron chi connectivity index (χ0n) is 30.1. The average molecular weight is 688 g/mol. The Hall–Kier alpha value is -4.79. The smallest absolute Gasteiger partial charge is 0.264 e. The number of aliphatic hydroxyl groups is 2. The van der Waals surface area contributed by atoms with Crippen LogP contribution in [0.5, 0.6) is 0 Å². The van der Waals surface area contributed by atoms with Crippen LogP contribution in [0, 0.1) is 5.92 Å². The highest BCUT2D eigenvalue weighted by molar-refractivity contribution is 6.09. The summed E-state index contributed by atoms with van der Waals surface area (Å²) in [5.74, 6) is -1.30. The Balaban J connectivity index is 1.29. The van der Waals surface area contributed by atoms with Gasteiger partial charge in [-0.2, -0.15) is 0 Å². The van der Waals surface area contributed by atoms with E-state index in [-0.39, 0.29) is 30.9 Å². The van der Waals surface area contributed by atoms with Gasteiger partial charge in [-0.1, -0.05) is 84.8 Å². The minimum Gasteiger partial charge on any atom is -0.394 e. The number of hydrogen-bond acceptors (Lipinski definition) is 5. The van der Waals surface area contributed by atoms with Crippen molar-refractivity contribution in [1.29, 1.82) is 0 Å². The minimum absolute atomic E-state index is 0.0405. The Kier molecular flexibility index (Phi) is 10.7. The number of fused-ring (bicyclic) bond motifs is 3. The molecule has 0 fully saturated rings. The fourth-order valence-electron chi connectivity index (χ4n) is 7.58. The van der Waals surface area contributed by atoms with E-state index in [4.69, 9.17) is 0 Å². The van der Waals surface area contributed by atoms with Gasteiger partial charge in [-0.15, -0.1) is 0 Å². The summed E-state index contributed by atoms with van der Waals surface area (Å²) in [5, 5.41) is 22.6. The number of benzene rings is 3. The molecule has 0 saturated heterocycles. The number of aryl methyl sites for hydroxylation is 1. The zero-order chi connectivity index (χ0) is 36.3. The molecule has 6 rings (SSSR count). The van der Waals surface area contributed by atoms with E-state index in [1.54, 1.807) is 39.8 Å². The van der Waals surface area contributed by atoms with Crippen LogP contribution in [0.1, 0.15) is 75.6 Å². The Morgan fingerprint density at radius 1 is 0.941 bits per heavy atom. The SMILES string of the molecule is CC(C)=CCC/C(C)=C/CN1C(=O)[C@@](O)([C@@H](C)/C=C/CC(=O)N2Cc3ccccc3C[C@H]2CO)c2cc(N3C(=O)CCc4ccccc43)ccc21. The van der Waals surface area contributed by atoms with Crippen molar-refractivity contribution in [3.8, 4) is 0 Å². The minimum atomic E-state index is -1.93. The summed E-state index contributed by atoms with van der Waals surface area (Å²) in [6.45, 7) is 8.59. The topological polar surface area (TPSA) is 101 Å². The first-order valence-electron chi connectivity index (χ1n) is 18.0. The number of allylic oxidation sites excluding steroid dienone is 3. The highest BCUT2D eigenvalue weighted by Crippen LogP contribution is 2.48. The number of rotatable bonds is 11. The van der Waals surface area contributed by atoms with Gasteiger partial charge in [0.1, 0.15) is 0 Å². The van der Waals surface area contributed by atoms with Crippen molar-refractivity contribution >= 4 is 34.8 Å². The quantitative estimate of drug-likeness (QED) is 0.211. The summed E-state index contributed by atoms with van der Waals surface area (Å²) in [5.41, 5.74) is 6.22. The van der Waals surface area contributed by atoms with Gasteiger partial charge in [0.2, 0.25) is 11.8 Å². The highest BCUT2D eigenvalue weighted by atomic mass is 16.3. The molecule has 3 atom stereocenters. The van der Waals surface area contributed by atoms with E-state index < -0.39 is 17.4 Å². The van der Waals surface area contributed by atoms with Crippen molar-refractivity contribution in [2.45, 2.75) is 84.4 Å². The molecule has 3 aromatic rings. The maximum absolute atomic E-state index is 14.4. The lowest BCUT2D eigenvalue weighted by atomic mass is 9.82. The maximum atomic E-state index is 14.4. The van der Waals surface area contributed by atoms with Gasteiger partial charge in [-0.3, -0.25) is 19.3 Å². The largest absolute Gasteiger partial charge is 0.394 e. The number of amides is 3. The third-order valence-corrected chi connectivity index (χ3v) is 10.6. The first-order valence-corrected chi connectivity index (χ1v) is 18.0. The van der Waals surface area contributed by atoms with E-state index >= 15 is 0 Å². The summed E-state index contributed by atoms with van der Waals surface area (Å²) >= 11 is 0. The molecule has 51 heavy (non-hydrogen) atoms. The second kappa shape index (κ2) is 15.2. The van der Waals surface area contributed by atoms with Gasteiger partial charge >= 0.3 is 0 Å². The maximum Gasteiger partial charge on any atom is 0.264 e. The molecule has 3 amide bonds. The van der Waals surface area contributed by atoms with Crippen LogP contribution in [0.3, 0.4) is 0 Å². The third kappa shape index (κ3) is 7.21. The first-order chi connectivity index (χ1) is 24.5. The molecular weight excluding hydrogens is 638 g/mol. The van der Waals surface area contributed by atoms with Gasteiger partial charge in [0.05, 0.1) is 24.0 Å². The van der Waals surface area contributed by atoms with Gasteiger partial charge in [-0.05, 0) is 87.4 Å². The van der Waals surface area contributed by atoms with Crippen LogP contribution in [-0.2, 0) is 39.4 Å². The molecule has 0 radical (unpaired) electrons. The molecule has 0 aliphatic carbocycles. The fraction of sp³-hybridized carbons (Fsp3) is 0.372. The van der Waals surface area contributed by atoms with E-state index in [1.807, 2.05) is 66.7 Å². The van der Waals surface area contributed by atoms with Crippen LogP contribution in [0.2, 0.25) is 0 Å². The van der Waals surface area contributed by atoms with Crippen LogP contribution in [0.25, 0.3) is 0 Å². The van der Waals surface area contributed by atoms with Crippen LogP contribution in [-0.4, -0.2) is 52.0 Å². The molecule has 8 heteroatoms. The molecule has 0 aromatic heterocycles. The Morgan fingerprint density at radius 3 is 2.41 bits per heavy atom. The molecule has 3 heterocycles. The predicted octanol–water partition coefficient (Wildman–Crippen LogP) is 7.05. The second-order valence-corrected chi connectivity index (χ2v) is 14.4. The Bertz CT molecular complexity index is 1910. The standard InChI is InChI=1S/C43H49N3O5/c1-29(2)11-9-12-30(3)23-24-44-39-21-20-35(46-38-17-8-7-14-32(38)19-22-41(46)49)26-37(39)43(51,42(44)50)31(4)13-10-18-40(48)45-27-34-16-6-5-15-33(34)25-36(45)28-47/h5-8,10-11,13-17,20-21,23,26,31,36,47,51H,9,12,18-19,22,24-25,27-28H2,1-4H3/b13-10+,30-23+/t31-,36-,43+/m0/s1. The summed E-state index contributed by atoms with van der Waals surface area (Å²) in [6, 6.07) is 21.0. The lowest BCUT2D eigenvalue weighted by molar-refractivity contribution is -0.139. The van der Waals surface area contributed by atoms with Crippen molar-refractivity contribution < 1.29 is 24.6 Å². The molecular formula is C43H49N3O5. The van der Waals surface area contributed by atoms with Gasteiger partial charge in [0.15, 0.2) is 5.60 Å². The number of aliphatic hydroxyl groups excluding tert-OH is 1. The lowest BCUT2D eigenvalue weighted by Gasteiger charge is -2.36. The number of carbonyl (C=O) groups excluding carboxylic acids is 3. The van der Waals surface area contributed by atoms with Crippen LogP contribution >= 0.6 is 0 Å². The number of para-hydroxylation sites is 1. The van der Waals surface area contributed by atoms with E-state index in [1.165, 1.54) is 5.57 Å². The Labute approximate surface area is 301 Å². The van der Waals surface area contributed by atoms with Crippen molar-refractivity contribution in [3.05, 3.63) is 124 Å².